The summed E-state index contributed by atoms with van der Waals surface area (Å²) in [5.74, 6) is 1.16. The molecule has 3 aromatic rings. The van der Waals surface area contributed by atoms with Gasteiger partial charge in [0.25, 0.3) is 0 Å². The quantitative estimate of drug-likeness (QED) is 0.483. The molecule has 1 atom stereocenters. The van der Waals surface area contributed by atoms with Gasteiger partial charge in [-0.1, -0.05) is 0 Å². The minimum Gasteiger partial charge on any atom is -0.497 e. The normalized spacial score (nSPS) is 16.5. The first-order chi connectivity index (χ1) is 16.8. The van der Waals surface area contributed by atoms with Gasteiger partial charge in [0.2, 0.25) is 15.9 Å². The van der Waals surface area contributed by atoms with E-state index in [2.05, 4.69) is 10.3 Å². The third-order valence-electron chi connectivity index (χ3n) is 5.87. The van der Waals surface area contributed by atoms with E-state index in [1.54, 1.807) is 38.5 Å². The lowest BCUT2D eigenvalue weighted by molar-refractivity contribution is -0.120. The molecule has 0 saturated carbocycles. The third-order valence-corrected chi connectivity index (χ3v) is 8.51. The third kappa shape index (κ3) is 5.42. The van der Waals surface area contributed by atoms with Crippen LogP contribution in [0.2, 0.25) is 0 Å². The molecule has 1 fully saturated rings. The number of hydrogen-bond acceptors (Lipinski definition) is 8. The van der Waals surface area contributed by atoms with Crippen LogP contribution in [0.1, 0.15) is 12.8 Å². The highest BCUT2D eigenvalue weighted by molar-refractivity contribution is 7.89. The monoisotopic (exact) mass is 517 g/mol. The Morgan fingerprint density at radius 3 is 2.46 bits per heavy atom. The minimum absolute atomic E-state index is 0.113. The van der Waals surface area contributed by atoms with Crippen molar-refractivity contribution in [3.63, 3.8) is 0 Å². The van der Waals surface area contributed by atoms with Crippen molar-refractivity contribution in [2.75, 3.05) is 39.7 Å². The van der Waals surface area contributed by atoms with E-state index in [-0.39, 0.29) is 17.3 Å². The summed E-state index contributed by atoms with van der Waals surface area (Å²) in [5, 5.41) is 5.12. The molecule has 2 aromatic carbocycles. The van der Waals surface area contributed by atoms with Crippen LogP contribution in [0.15, 0.2) is 52.7 Å². The van der Waals surface area contributed by atoms with Crippen molar-refractivity contribution < 1.29 is 27.4 Å². The number of methoxy groups -OCH3 is 3. The number of sulfonamides is 1. The minimum atomic E-state index is -3.71. The van der Waals surface area contributed by atoms with Crippen LogP contribution >= 0.6 is 11.3 Å². The molecule has 11 heteroatoms. The van der Waals surface area contributed by atoms with E-state index in [0.717, 1.165) is 5.56 Å². The molecule has 1 aliphatic heterocycles. The Labute approximate surface area is 208 Å². The molecule has 1 amide bonds. The van der Waals surface area contributed by atoms with Crippen molar-refractivity contribution in [2.24, 2.45) is 5.92 Å². The summed E-state index contributed by atoms with van der Waals surface area (Å²) in [4.78, 5) is 17.7. The van der Waals surface area contributed by atoms with Crippen LogP contribution in [0.5, 0.6) is 17.2 Å². The Balaban J connectivity index is 1.46. The molecule has 1 aliphatic rings. The number of benzene rings is 2. The largest absolute Gasteiger partial charge is 0.497 e. The highest BCUT2D eigenvalue weighted by Gasteiger charge is 2.33. The molecule has 9 nitrogen and oxygen atoms in total. The first-order valence-corrected chi connectivity index (χ1v) is 13.3. The molecule has 1 aromatic heterocycles. The van der Waals surface area contributed by atoms with E-state index in [0.29, 0.717) is 47.5 Å². The average Bonchev–Trinajstić information content (AvgIpc) is 3.36. The summed E-state index contributed by atoms with van der Waals surface area (Å²) in [7, 11) is 0.973. The lowest BCUT2D eigenvalue weighted by Crippen LogP contribution is -2.43. The smallest absolute Gasteiger partial charge is 0.243 e. The fourth-order valence-corrected chi connectivity index (χ4v) is 6.19. The van der Waals surface area contributed by atoms with Gasteiger partial charge in [-0.2, -0.15) is 4.31 Å². The van der Waals surface area contributed by atoms with Gasteiger partial charge < -0.3 is 19.5 Å². The predicted octanol–water partition coefficient (Wildman–Crippen LogP) is 3.88. The topological polar surface area (TPSA) is 107 Å². The molecule has 0 bridgehead atoms. The molecule has 4 rings (SSSR count). The van der Waals surface area contributed by atoms with Crippen LogP contribution in [0.3, 0.4) is 0 Å². The maximum Gasteiger partial charge on any atom is 0.243 e. The summed E-state index contributed by atoms with van der Waals surface area (Å²) < 4.78 is 43.4. The fraction of sp³-hybridized carbons (Fsp3) is 0.333. The average molecular weight is 518 g/mol. The van der Waals surface area contributed by atoms with Gasteiger partial charge in [0.05, 0.1) is 37.8 Å². The standard InChI is InChI=1S/C24H27N3O6S2/c1-31-17-6-9-19(10-7-17)35(29,30)27-12-4-5-16(14-27)23(28)26-24-25-21(15-34-24)20-13-18(32-2)8-11-22(20)33-3/h6-11,13,15-16H,4-5,12,14H2,1-3H3,(H,25,26,28). The molecule has 1 N–H and O–H groups in total. The van der Waals surface area contributed by atoms with Gasteiger partial charge in [-0.15, -0.1) is 11.3 Å². The van der Waals surface area contributed by atoms with Gasteiger partial charge in [-0.05, 0) is 55.3 Å². The van der Waals surface area contributed by atoms with Crippen LogP contribution in [0.25, 0.3) is 11.3 Å². The summed E-state index contributed by atoms with van der Waals surface area (Å²) in [5.41, 5.74) is 1.39. The van der Waals surface area contributed by atoms with E-state index in [1.165, 1.54) is 34.9 Å². The van der Waals surface area contributed by atoms with E-state index in [1.807, 2.05) is 11.4 Å². The number of rotatable bonds is 8. The number of anilines is 1. The van der Waals surface area contributed by atoms with Gasteiger partial charge in [0, 0.05) is 24.0 Å². The summed E-state index contributed by atoms with van der Waals surface area (Å²) in [6, 6.07) is 11.7. The van der Waals surface area contributed by atoms with Gasteiger partial charge >= 0.3 is 0 Å². The van der Waals surface area contributed by atoms with Crippen molar-refractivity contribution in [3.05, 3.63) is 47.8 Å². The number of aromatic nitrogens is 1. The number of nitrogens with one attached hydrogen (secondary N) is 1. The SMILES string of the molecule is COc1ccc(S(=O)(=O)N2CCCC(C(=O)Nc3nc(-c4cc(OC)ccc4OC)cs3)C2)cc1. The van der Waals surface area contributed by atoms with Crippen molar-refractivity contribution in [1.29, 1.82) is 0 Å². The molecule has 1 saturated heterocycles. The molecule has 1 unspecified atom stereocenters. The van der Waals surface area contributed by atoms with Crippen molar-refractivity contribution in [1.82, 2.24) is 9.29 Å². The van der Waals surface area contributed by atoms with Crippen LogP contribution in [0.4, 0.5) is 5.13 Å². The highest BCUT2D eigenvalue weighted by Crippen LogP contribution is 2.35. The molecule has 186 valence electrons. The lowest BCUT2D eigenvalue weighted by atomic mass is 9.99. The molecule has 2 heterocycles. The number of thiazole rings is 1. The Bertz CT molecular complexity index is 1290. The fourth-order valence-electron chi connectivity index (χ4n) is 3.95. The Morgan fingerprint density at radius 1 is 1.06 bits per heavy atom. The van der Waals surface area contributed by atoms with Gasteiger partial charge in [-0.25, -0.2) is 13.4 Å². The lowest BCUT2D eigenvalue weighted by Gasteiger charge is -2.31. The van der Waals surface area contributed by atoms with Crippen LogP contribution in [-0.2, 0) is 14.8 Å². The molecule has 0 spiro atoms. The van der Waals surface area contributed by atoms with E-state index < -0.39 is 15.9 Å². The molecular weight excluding hydrogens is 490 g/mol. The Kier molecular flexibility index (Phi) is 7.58. The Hall–Kier alpha value is -3.15. The van der Waals surface area contributed by atoms with Crippen molar-refractivity contribution in [3.8, 4) is 28.5 Å². The molecule has 0 radical (unpaired) electrons. The molecule has 0 aliphatic carbocycles. The van der Waals surface area contributed by atoms with Gasteiger partial charge in [0.1, 0.15) is 17.2 Å². The highest BCUT2D eigenvalue weighted by atomic mass is 32.2. The van der Waals surface area contributed by atoms with Crippen LogP contribution in [0, 0.1) is 5.92 Å². The molecule has 35 heavy (non-hydrogen) atoms. The van der Waals surface area contributed by atoms with E-state index in [9.17, 15) is 13.2 Å². The summed E-state index contributed by atoms with van der Waals surface area (Å²) in [6.07, 6.45) is 1.19. The zero-order chi connectivity index (χ0) is 25.0. The first kappa shape index (κ1) is 25.0. The summed E-state index contributed by atoms with van der Waals surface area (Å²) in [6.45, 7) is 0.483. The van der Waals surface area contributed by atoms with Crippen molar-refractivity contribution in [2.45, 2.75) is 17.7 Å². The maximum atomic E-state index is 13.1. The van der Waals surface area contributed by atoms with Crippen LogP contribution in [-0.4, -0.2) is 58.0 Å². The predicted molar refractivity (Wildman–Crippen MR) is 134 cm³/mol. The second-order valence-electron chi connectivity index (χ2n) is 7.97. The maximum absolute atomic E-state index is 13.1. The number of hydrogen-bond donors (Lipinski definition) is 1. The summed E-state index contributed by atoms with van der Waals surface area (Å²) >= 11 is 1.29. The van der Waals surface area contributed by atoms with Gasteiger partial charge in [0.15, 0.2) is 5.13 Å². The second-order valence-corrected chi connectivity index (χ2v) is 10.8. The van der Waals surface area contributed by atoms with Gasteiger partial charge in [-0.3, -0.25) is 4.79 Å². The number of carbonyl (C=O) groups is 1. The number of carbonyl (C=O) groups excluding carboxylic acids is 1. The zero-order valence-corrected chi connectivity index (χ0v) is 21.3. The van der Waals surface area contributed by atoms with E-state index in [4.69, 9.17) is 14.2 Å². The first-order valence-electron chi connectivity index (χ1n) is 11.0. The van der Waals surface area contributed by atoms with E-state index >= 15 is 0 Å². The number of amides is 1. The second kappa shape index (κ2) is 10.6. The Morgan fingerprint density at radius 2 is 1.77 bits per heavy atom. The van der Waals surface area contributed by atoms with Crippen LogP contribution < -0.4 is 19.5 Å². The van der Waals surface area contributed by atoms with Crippen molar-refractivity contribution >= 4 is 32.4 Å². The zero-order valence-electron chi connectivity index (χ0n) is 19.7. The number of nitrogens with zero attached hydrogens (tertiary/aromatic N) is 2. The number of piperidine rings is 1. The molecular formula is C24H27N3O6S2. The number of ether oxygens (including phenoxy) is 3.